The Balaban J connectivity index is 1.55. The van der Waals surface area contributed by atoms with E-state index in [9.17, 15) is 0 Å². The van der Waals surface area contributed by atoms with E-state index >= 15 is 0 Å². The van der Waals surface area contributed by atoms with Gasteiger partial charge in [0, 0.05) is 32.1 Å². The summed E-state index contributed by atoms with van der Waals surface area (Å²) in [6.45, 7) is 4.13. The summed E-state index contributed by atoms with van der Waals surface area (Å²) in [4.78, 5) is 4.52. The van der Waals surface area contributed by atoms with Crippen LogP contribution in [-0.2, 0) is 18.2 Å². The number of furan rings is 1. The van der Waals surface area contributed by atoms with Crippen molar-refractivity contribution in [1.82, 2.24) is 4.98 Å². The topological polar surface area (TPSA) is 26.0 Å². The zero-order chi connectivity index (χ0) is 29.5. The lowest BCUT2D eigenvalue weighted by Crippen LogP contribution is -2.10. The summed E-state index contributed by atoms with van der Waals surface area (Å²) in [6.07, 6.45) is -1.83. The van der Waals surface area contributed by atoms with Crippen molar-refractivity contribution in [1.29, 1.82) is 0 Å². The SMILES string of the molecule is [2H]C([2H])([2H])c1ccc(-c2cc3c(cn2)C([2H])([2H])CCC3([2H])[2H])c2oc3cc(-c4ccc(C(C)(C)C)cc4)ccc3c12. The molecular formula is C32H31NO. The molecule has 2 aromatic heterocycles. The van der Waals surface area contributed by atoms with Crippen molar-refractivity contribution in [2.45, 2.75) is 58.6 Å². The lowest BCUT2D eigenvalue weighted by atomic mass is 9.86. The summed E-state index contributed by atoms with van der Waals surface area (Å²) in [6, 6.07) is 19.0. The van der Waals surface area contributed by atoms with E-state index in [1.165, 1.54) is 11.8 Å². The molecule has 6 rings (SSSR count). The summed E-state index contributed by atoms with van der Waals surface area (Å²) < 4.78 is 64.8. The van der Waals surface area contributed by atoms with Gasteiger partial charge in [0.1, 0.15) is 11.2 Å². The maximum absolute atomic E-state index is 8.54. The second-order valence-electron chi connectivity index (χ2n) is 9.97. The zero-order valence-electron chi connectivity index (χ0n) is 26.6. The van der Waals surface area contributed by atoms with Crippen LogP contribution in [0.5, 0.6) is 0 Å². The summed E-state index contributed by atoms with van der Waals surface area (Å²) in [7, 11) is 0. The molecule has 0 amide bonds. The quantitative estimate of drug-likeness (QED) is 0.267. The van der Waals surface area contributed by atoms with Crippen LogP contribution in [0.3, 0.4) is 0 Å². The molecule has 0 radical (unpaired) electrons. The third-order valence-electron chi connectivity index (χ3n) is 6.64. The Morgan fingerprint density at radius 2 is 1.65 bits per heavy atom. The van der Waals surface area contributed by atoms with Crippen LogP contribution in [0, 0.1) is 6.85 Å². The predicted octanol–water partition coefficient (Wildman–Crippen LogP) is 8.80. The minimum absolute atomic E-state index is 0.0381. The highest BCUT2D eigenvalue weighted by atomic mass is 16.3. The Labute approximate surface area is 211 Å². The van der Waals surface area contributed by atoms with Gasteiger partial charge in [0.25, 0.3) is 0 Å². The number of fused-ring (bicyclic) bond motifs is 4. The number of nitrogens with zero attached hydrogens (tertiary/aromatic N) is 1. The Bertz CT molecular complexity index is 1810. The summed E-state index contributed by atoms with van der Waals surface area (Å²) in [5.74, 6) is 0. The molecule has 2 heterocycles. The van der Waals surface area contributed by atoms with Crippen LogP contribution < -0.4 is 0 Å². The second-order valence-corrected chi connectivity index (χ2v) is 9.97. The predicted molar refractivity (Wildman–Crippen MR) is 142 cm³/mol. The van der Waals surface area contributed by atoms with Crippen LogP contribution in [0.25, 0.3) is 44.3 Å². The first-order valence-electron chi connectivity index (χ1n) is 15.2. The van der Waals surface area contributed by atoms with E-state index in [1.807, 2.05) is 18.2 Å². The summed E-state index contributed by atoms with van der Waals surface area (Å²) in [5.41, 5.74) is 5.76. The third-order valence-corrected chi connectivity index (χ3v) is 6.64. The highest BCUT2D eigenvalue weighted by Crippen LogP contribution is 2.39. The van der Waals surface area contributed by atoms with E-state index in [4.69, 9.17) is 14.0 Å². The van der Waals surface area contributed by atoms with Gasteiger partial charge in [0.15, 0.2) is 0 Å². The maximum atomic E-state index is 8.54. The van der Waals surface area contributed by atoms with E-state index in [-0.39, 0.29) is 34.9 Å². The summed E-state index contributed by atoms with van der Waals surface area (Å²) in [5, 5.41) is 1.15. The van der Waals surface area contributed by atoms with Crippen molar-refractivity contribution >= 4 is 21.9 Å². The smallest absolute Gasteiger partial charge is 0.145 e. The molecule has 0 fully saturated rings. The molecule has 1 aliphatic carbocycles. The van der Waals surface area contributed by atoms with Gasteiger partial charge in [0.05, 0.1) is 5.69 Å². The molecule has 34 heavy (non-hydrogen) atoms. The van der Waals surface area contributed by atoms with Gasteiger partial charge in [-0.3, -0.25) is 4.98 Å². The van der Waals surface area contributed by atoms with E-state index in [0.29, 0.717) is 33.2 Å². The fourth-order valence-corrected chi connectivity index (χ4v) is 4.71. The maximum Gasteiger partial charge on any atom is 0.145 e. The normalized spacial score (nSPS) is 20.4. The van der Waals surface area contributed by atoms with Gasteiger partial charge in [0.2, 0.25) is 0 Å². The molecule has 0 atom stereocenters. The standard InChI is InChI=1S/C32H31NO/c1-20-9-15-26(28-17-22-7-5-6-8-24(22)19-33-28)31-30(20)27-16-12-23(18-29(27)34-31)21-10-13-25(14-11-21)32(2,3)4/h9-19H,5-8H2,1-4H3/i1D3,7D2,8D2. The molecule has 0 unspecified atom stereocenters. The number of pyridine rings is 1. The molecule has 0 saturated heterocycles. The number of hydrogen-bond donors (Lipinski definition) is 0. The van der Waals surface area contributed by atoms with Gasteiger partial charge in [-0.2, -0.15) is 0 Å². The minimum atomic E-state index is -2.38. The minimum Gasteiger partial charge on any atom is -0.455 e. The molecule has 0 spiro atoms. The number of aromatic nitrogens is 1. The molecule has 1 aliphatic rings. The van der Waals surface area contributed by atoms with Crippen LogP contribution >= 0.6 is 0 Å². The van der Waals surface area contributed by atoms with Gasteiger partial charge in [-0.1, -0.05) is 57.2 Å². The first kappa shape index (κ1) is 14.8. The molecular weight excluding hydrogens is 414 g/mol. The first-order valence-corrected chi connectivity index (χ1v) is 11.7. The molecule has 0 saturated carbocycles. The average molecular weight is 453 g/mol. The molecule has 5 aromatic rings. The van der Waals surface area contributed by atoms with E-state index in [1.54, 1.807) is 18.2 Å². The molecule has 0 bridgehead atoms. The highest BCUT2D eigenvalue weighted by molar-refractivity contribution is 6.11. The molecule has 2 heteroatoms. The molecule has 0 N–H and O–H groups in total. The number of hydrogen-bond acceptors (Lipinski definition) is 2. The first-order chi connectivity index (χ1) is 19.1. The van der Waals surface area contributed by atoms with Crippen LogP contribution in [0.4, 0.5) is 0 Å². The Kier molecular flexibility index (Phi) is 3.41. The summed E-state index contributed by atoms with van der Waals surface area (Å²) >= 11 is 0. The number of aryl methyl sites for hydroxylation is 3. The zero-order valence-corrected chi connectivity index (χ0v) is 19.6. The monoisotopic (exact) mass is 452 g/mol. The Hall–Kier alpha value is -3.39. The van der Waals surface area contributed by atoms with Crippen molar-refractivity contribution in [2.24, 2.45) is 0 Å². The van der Waals surface area contributed by atoms with Crippen LogP contribution in [0.1, 0.15) is 65.5 Å². The van der Waals surface area contributed by atoms with Gasteiger partial charge in [-0.05, 0) is 95.5 Å². The molecule has 170 valence electrons. The van der Waals surface area contributed by atoms with Crippen molar-refractivity contribution in [2.75, 3.05) is 0 Å². The van der Waals surface area contributed by atoms with Crippen LogP contribution in [0.15, 0.2) is 71.3 Å². The molecule has 2 nitrogen and oxygen atoms in total. The van der Waals surface area contributed by atoms with Gasteiger partial charge >= 0.3 is 0 Å². The fourth-order valence-electron chi connectivity index (χ4n) is 4.71. The Morgan fingerprint density at radius 1 is 0.882 bits per heavy atom. The lowest BCUT2D eigenvalue weighted by molar-refractivity contribution is 0.590. The van der Waals surface area contributed by atoms with Crippen molar-refractivity contribution in [3.8, 4) is 22.4 Å². The molecule has 3 aromatic carbocycles. The van der Waals surface area contributed by atoms with E-state index in [0.717, 1.165) is 11.1 Å². The Morgan fingerprint density at radius 3 is 2.41 bits per heavy atom. The van der Waals surface area contributed by atoms with Crippen molar-refractivity contribution < 1.29 is 14.0 Å². The van der Waals surface area contributed by atoms with Crippen molar-refractivity contribution in [3.63, 3.8) is 0 Å². The lowest BCUT2D eigenvalue weighted by Gasteiger charge is -2.19. The number of benzene rings is 3. The van der Waals surface area contributed by atoms with Gasteiger partial charge in [-0.25, -0.2) is 0 Å². The van der Waals surface area contributed by atoms with E-state index in [2.05, 4.69) is 50.0 Å². The van der Waals surface area contributed by atoms with Crippen LogP contribution in [0.2, 0.25) is 0 Å². The van der Waals surface area contributed by atoms with Crippen molar-refractivity contribution in [3.05, 3.63) is 89.1 Å². The average Bonchev–Trinajstić information content (AvgIpc) is 3.28. The van der Waals surface area contributed by atoms with Gasteiger partial charge < -0.3 is 4.42 Å². The van der Waals surface area contributed by atoms with E-state index < -0.39 is 19.6 Å². The fraction of sp³-hybridized carbons (Fsp3) is 0.281. The largest absolute Gasteiger partial charge is 0.455 e. The second kappa shape index (κ2) is 7.84. The number of rotatable bonds is 2. The highest BCUT2D eigenvalue weighted by Gasteiger charge is 2.18. The molecule has 0 aliphatic heterocycles. The van der Waals surface area contributed by atoms with Crippen LogP contribution in [-0.4, -0.2) is 4.98 Å². The third kappa shape index (κ3) is 3.53. The van der Waals surface area contributed by atoms with Gasteiger partial charge in [-0.15, -0.1) is 0 Å².